The Bertz CT molecular complexity index is 795. The monoisotopic (exact) mass is 294 g/mol. The lowest BCUT2D eigenvalue weighted by molar-refractivity contribution is -0.384. The molecular weight excluding hydrogens is 280 g/mol. The summed E-state index contributed by atoms with van der Waals surface area (Å²) in [5, 5.41) is 20.6. The minimum absolute atomic E-state index is 0.0351. The molecule has 0 radical (unpaired) electrons. The summed E-state index contributed by atoms with van der Waals surface area (Å²) in [6.45, 7) is 1.62. The minimum atomic E-state index is -0.445. The number of nitrogens with zero attached hydrogens (tertiary/aromatic N) is 2. The third-order valence-electron chi connectivity index (χ3n) is 3.35. The molecule has 0 amide bonds. The van der Waals surface area contributed by atoms with Gasteiger partial charge in [0.2, 0.25) is 5.82 Å². The standard InChI is InChI=1S/C16H14N4O2/c1-11-15(20(21)22)16(19-18-11)17-14-9-7-13(8-10-14)12-5-3-2-4-6-12/h2-10H,1H3,(H2,17,18,19). The third kappa shape index (κ3) is 2.67. The van der Waals surface area contributed by atoms with Gasteiger partial charge in [-0.15, -0.1) is 5.10 Å². The Kier molecular flexibility index (Phi) is 3.57. The summed E-state index contributed by atoms with van der Waals surface area (Å²) >= 11 is 0. The van der Waals surface area contributed by atoms with Crippen molar-refractivity contribution in [2.45, 2.75) is 6.92 Å². The molecule has 0 saturated carbocycles. The topological polar surface area (TPSA) is 83.8 Å². The molecule has 0 unspecified atom stereocenters. The smallest absolute Gasteiger partial charge is 0.333 e. The molecule has 0 aliphatic rings. The number of nitrogens with one attached hydrogen (secondary N) is 2. The number of benzene rings is 2. The largest absolute Gasteiger partial charge is 0.333 e. The van der Waals surface area contributed by atoms with Crippen LogP contribution in [0.2, 0.25) is 0 Å². The number of aromatic nitrogens is 2. The van der Waals surface area contributed by atoms with Crippen LogP contribution in [0.15, 0.2) is 54.6 Å². The van der Waals surface area contributed by atoms with Crippen LogP contribution in [0.4, 0.5) is 17.2 Å². The van der Waals surface area contributed by atoms with Gasteiger partial charge in [0.25, 0.3) is 0 Å². The van der Waals surface area contributed by atoms with Crippen LogP contribution in [0.5, 0.6) is 0 Å². The van der Waals surface area contributed by atoms with E-state index >= 15 is 0 Å². The van der Waals surface area contributed by atoms with E-state index in [2.05, 4.69) is 15.5 Å². The second-order valence-corrected chi connectivity index (χ2v) is 4.87. The summed E-state index contributed by atoms with van der Waals surface area (Å²) in [7, 11) is 0. The van der Waals surface area contributed by atoms with Gasteiger partial charge in [-0.25, -0.2) is 0 Å². The lowest BCUT2D eigenvalue weighted by atomic mass is 10.1. The van der Waals surface area contributed by atoms with Gasteiger partial charge in [-0.3, -0.25) is 15.2 Å². The van der Waals surface area contributed by atoms with Crippen LogP contribution in [-0.2, 0) is 0 Å². The summed E-state index contributed by atoms with van der Waals surface area (Å²) < 4.78 is 0. The zero-order valence-electron chi connectivity index (χ0n) is 11.9. The van der Waals surface area contributed by atoms with Crippen molar-refractivity contribution in [1.82, 2.24) is 10.2 Å². The molecule has 0 spiro atoms. The molecule has 2 N–H and O–H groups in total. The highest BCUT2D eigenvalue weighted by Gasteiger charge is 2.21. The van der Waals surface area contributed by atoms with Crippen molar-refractivity contribution >= 4 is 17.2 Å². The van der Waals surface area contributed by atoms with Gasteiger partial charge in [-0.1, -0.05) is 42.5 Å². The lowest BCUT2D eigenvalue weighted by Crippen LogP contribution is -1.96. The maximum atomic E-state index is 11.0. The molecule has 0 aliphatic carbocycles. The SMILES string of the molecule is Cc1[nH]nc(Nc2ccc(-c3ccccc3)cc2)c1[N+](=O)[O-]. The summed E-state index contributed by atoms with van der Waals surface area (Å²) in [5.41, 5.74) is 3.34. The number of aromatic amines is 1. The van der Waals surface area contributed by atoms with Gasteiger partial charge in [-0.05, 0) is 30.2 Å². The maximum absolute atomic E-state index is 11.0. The highest BCUT2D eigenvalue weighted by Crippen LogP contribution is 2.29. The van der Waals surface area contributed by atoms with Crippen molar-refractivity contribution in [3.8, 4) is 11.1 Å². The van der Waals surface area contributed by atoms with E-state index < -0.39 is 4.92 Å². The van der Waals surface area contributed by atoms with Crippen molar-refractivity contribution in [1.29, 1.82) is 0 Å². The summed E-state index contributed by atoms with van der Waals surface area (Å²) in [5.74, 6) is 0.218. The van der Waals surface area contributed by atoms with E-state index in [0.717, 1.165) is 16.8 Å². The molecule has 1 heterocycles. The van der Waals surface area contributed by atoms with E-state index in [1.165, 1.54) is 0 Å². The maximum Gasteiger partial charge on any atom is 0.333 e. The van der Waals surface area contributed by atoms with Gasteiger partial charge >= 0.3 is 5.69 Å². The molecule has 3 rings (SSSR count). The Hall–Kier alpha value is -3.15. The zero-order chi connectivity index (χ0) is 15.5. The molecule has 0 aliphatic heterocycles. The normalized spacial score (nSPS) is 10.4. The quantitative estimate of drug-likeness (QED) is 0.562. The molecule has 3 aromatic rings. The summed E-state index contributed by atoms with van der Waals surface area (Å²) in [6, 6.07) is 17.7. The highest BCUT2D eigenvalue weighted by atomic mass is 16.6. The molecular formula is C16H14N4O2. The van der Waals surface area contributed by atoms with Gasteiger partial charge in [0.15, 0.2) is 0 Å². The van der Waals surface area contributed by atoms with Crippen LogP contribution in [0, 0.1) is 17.0 Å². The van der Waals surface area contributed by atoms with E-state index in [0.29, 0.717) is 5.69 Å². The van der Waals surface area contributed by atoms with E-state index in [1.54, 1.807) is 6.92 Å². The van der Waals surface area contributed by atoms with E-state index in [9.17, 15) is 10.1 Å². The van der Waals surface area contributed by atoms with Crippen LogP contribution in [0.25, 0.3) is 11.1 Å². The second kappa shape index (κ2) is 5.69. The van der Waals surface area contributed by atoms with Crippen LogP contribution < -0.4 is 5.32 Å². The Labute approximate surface area is 127 Å². The lowest BCUT2D eigenvalue weighted by Gasteiger charge is -2.05. The van der Waals surface area contributed by atoms with Gasteiger partial charge < -0.3 is 5.32 Å². The Morgan fingerprint density at radius 3 is 2.32 bits per heavy atom. The highest BCUT2D eigenvalue weighted by molar-refractivity contribution is 5.70. The van der Waals surface area contributed by atoms with Crippen molar-refractivity contribution < 1.29 is 4.92 Å². The number of hydrogen-bond donors (Lipinski definition) is 2. The van der Waals surface area contributed by atoms with Crippen molar-refractivity contribution in [3.63, 3.8) is 0 Å². The number of H-pyrrole nitrogens is 1. The van der Waals surface area contributed by atoms with E-state index in [-0.39, 0.29) is 11.5 Å². The molecule has 6 nitrogen and oxygen atoms in total. The number of anilines is 2. The summed E-state index contributed by atoms with van der Waals surface area (Å²) in [4.78, 5) is 10.6. The predicted octanol–water partition coefficient (Wildman–Crippen LogP) is 4.04. The number of nitro groups is 1. The molecule has 0 fully saturated rings. The molecule has 0 bridgehead atoms. The van der Waals surface area contributed by atoms with Crippen LogP contribution in [0.3, 0.4) is 0 Å². The fraction of sp³-hybridized carbons (Fsp3) is 0.0625. The molecule has 0 atom stereocenters. The number of hydrogen-bond acceptors (Lipinski definition) is 4. The second-order valence-electron chi connectivity index (χ2n) is 4.87. The Balaban J connectivity index is 1.84. The van der Waals surface area contributed by atoms with Crippen molar-refractivity contribution in [2.24, 2.45) is 0 Å². The molecule has 22 heavy (non-hydrogen) atoms. The Morgan fingerprint density at radius 2 is 1.68 bits per heavy atom. The van der Waals surface area contributed by atoms with Crippen molar-refractivity contribution in [2.75, 3.05) is 5.32 Å². The van der Waals surface area contributed by atoms with Gasteiger partial charge in [0.1, 0.15) is 5.69 Å². The van der Waals surface area contributed by atoms with Gasteiger partial charge in [0, 0.05) is 5.69 Å². The first-order valence-corrected chi connectivity index (χ1v) is 6.77. The fourth-order valence-electron chi connectivity index (χ4n) is 2.25. The molecule has 0 saturated heterocycles. The average molecular weight is 294 g/mol. The first-order valence-electron chi connectivity index (χ1n) is 6.77. The third-order valence-corrected chi connectivity index (χ3v) is 3.35. The summed E-state index contributed by atoms with van der Waals surface area (Å²) in [6.07, 6.45) is 0. The van der Waals surface area contributed by atoms with Crippen molar-refractivity contribution in [3.05, 3.63) is 70.4 Å². The van der Waals surface area contributed by atoms with Gasteiger partial charge in [-0.2, -0.15) is 0 Å². The minimum Gasteiger partial charge on any atom is -0.333 e. The number of rotatable bonds is 4. The Morgan fingerprint density at radius 1 is 1.05 bits per heavy atom. The zero-order valence-corrected chi connectivity index (χ0v) is 11.9. The number of aryl methyl sites for hydroxylation is 1. The molecule has 2 aromatic carbocycles. The van der Waals surface area contributed by atoms with Crippen LogP contribution in [-0.4, -0.2) is 15.1 Å². The fourth-order valence-corrected chi connectivity index (χ4v) is 2.25. The molecule has 6 heteroatoms. The van der Waals surface area contributed by atoms with Crippen LogP contribution >= 0.6 is 0 Å². The van der Waals surface area contributed by atoms with E-state index in [4.69, 9.17) is 0 Å². The molecule has 1 aromatic heterocycles. The van der Waals surface area contributed by atoms with E-state index in [1.807, 2.05) is 54.6 Å². The predicted molar refractivity (Wildman–Crippen MR) is 85.1 cm³/mol. The first kappa shape index (κ1) is 13.8. The van der Waals surface area contributed by atoms with Gasteiger partial charge in [0.05, 0.1) is 4.92 Å². The molecule has 110 valence electrons. The average Bonchev–Trinajstić information content (AvgIpc) is 2.90. The van der Waals surface area contributed by atoms with Crippen LogP contribution in [0.1, 0.15) is 5.69 Å². The first-order chi connectivity index (χ1) is 10.6.